The minimum atomic E-state index is -0.277. The SMILES string of the molecule is O=C(NC1CCCc2ccccc21)C1(c2cccs2)CCCC1. The van der Waals surface area contributed by atoms with E-state index in [2.05, 4.69) is 47.1 Å². The third-order valence-corrected chi connectivity index (χ3v) is 6.63. The van der Waals surface area contributed by atoms with Gasteiger partial charge < -0.3 is 5.32 Å². The van der Waals surface area contributed by atoms with Crippen LogP contribution >= 0.6 is 11.3 Å². The van der Waals surface area contributed by atoms with Gasteiger partial charge in [0.05, 0.1) is 11.5 Å². The molecule has 2 nitrogen and oxygen atoms in total. The van der Waals surface area contributed by atoms with Crippen LogP contribution in [-0.2, 0) is 16.6 Å². The van der Waals surface area contributed by atoms with Gasteiger partial charge in [-0.15, -0.1) is 11.3 Å². The monoisotopic (exact) mass is 325 g/mol. The number of aryl methyl sites for hydroxylation is 1. The van der Waals surface area contributed by atoms with E-state index in [1.807, 2.05) is 0 Å². The van der Waals surface area contributed by atoms with E-state index >= 15 is 0 Å². The Bertz CT molecular complexity index is 685. The zero-order chi connectivity index (χ0) is 15.7. The summed E-state index contributed by atoms with van der Waals surface area (Å²) < 4.78 is 0. The summed E-state index contributed by atoms with van der Waals surface area (Å²) in [5, 5.41) is 5.51. The van der Waals surface area contributed by atoms with Crippen molar-refractivity contribution in [3.8, 4) is 0 Å². The van der Waals surface area contributed by atoms with E-state index in [1.54, 1.807) is 11.3 Å². The van der Waals surface area contributed by atoms with Gasteiger partial charge in [0.2, 0.25) is 5.91 Å². The highest BCUT2D eigenvalue weighted by molar-refractivity contribution is 7.10. The molecule has 0 aliphatic heterocycles. The van der Waals surface area contributed by atoms with Crippen LogP contribution in [0.3, 0.4) is 0 Å². The molecule has 0 spiro atoms. The van der Waals surface area contributed by atoms with Crippen molar-refractivity contribution in [3.05, 3.63) is 57.8 Å². The van der Waals surface area contributed by atoms with Crippen molar-refractivity contribution in [3.63, 3.8) is 0 Å². The van der Waals surface area contributed by atoms with E-state index in [1.165, 1.54) is 16.0 Å². The standard InChI is InChI=1S/C20H23NOS/c22-19(20(12-3-4-13-20)18-11-6-14-23-18)21-17-10-5-8-15-7-1-2-9-16(15)17/h1-2,6-7,9,11,14,17H,3-5,8,10,12-13H2,(H,21,22). The normalized spacial score (nSPS) is 22.5. The summed E-state index contributed by atoms with van der Waals surface area (Å²) in [5.41, 5.74) is 2.45. The lowest BCUT2D eigenvalue weighted by Crippen LogP contribution is -2.44. The molecule has 1 heterocycles. The summed E-state index contributed by atoms with van der Waals surface area (Å²) in [6, 6.07) is 13.0. The minimum absolute atomic E-state index is 0.185. The Morgan fingerprint density at radius 3 is 2.70 bits per heavy atom. The van der Waals surface area contributed by atoms with Crippen molar-refractivity contribution in [1.29, 1.82) is 0 Å². The first kappa shape index (κ1) is 14.9. The van der Waals surface area contributed by atoms with Gasteiger partial charge in [-0.1, -0.05) is 43.2 Å². The molecule has 1 fully saturated rings. The number of rotatable bonds is 3. The van der Waals surface area contributed by atoms with E-state index in [4.69, 9.17) is 0 Å². The first-order valence-electron chi connectivity index (χ1n) is 8.72. The van der Waals surface area contributed by atoms with Gasteiger partial charge in [-0.25, -0.2) is 0 Å². The second-order valence-electron chi connectivity index (χ2n) is 6.88. The number of nitrogens with one attached hydrogen (secondary N) is 1. The van der Waals surface area contributed by atoms with Gasteiger partial charge in [0.15, 0.2) is 0 Å². The summed E-state index contributed by atoms with van der Waals surface area (Å²) in [6.07, 6.45) is 7.66. The van der Waals surface area contributed by atoms with Crippen LogP contribution in [0, 0.1) is 0 Å². The topological polar surface area (TPSA) is 29.1 Å². The van der Waals surface area contributed by atoms with Crippen LogP contribution in [-0.4, -0.2) is 5.91 Å². The van der Waals surface area contributed by atoms with E-state index in [9.17, 15) is 4.79 Å². The largest absolute Gasteiger partial charge is 0.348 e. The lowest BCUT2D eigenvalue weighted by Gasteiger charge is -2.32. The molecule has 2 aromatic rings. The summed E-state index contributed by atoms with van der Waals surface area (Å²) in [4.78, 5) is 14.5. The van der Waals surface area contributed by atoms with E-state index in [0.717, 1.165) is 44.9 Å². The number of benzene rings is 1. The van der Waals surface area contributed by atoms with E-state index in [-0.39, 0.29) is 17.4 Å². The first-order valence-corrected chi connectivity index (χ1v) is 9.60. The molecular weight excluding hydrogens is 302 g/mol. The second kappa shape index (κ2) is 6.12. The lowest BCUT2D eigenvalue weighted by atomic mass is 9.81. The fraction of sp³-hybridized carbons (Fsp3) is 0.450. The molecule has 1 aromatic carbocycles. The predicted molar refractivity (Wildman–Crippen MR) is 94.7 cm³/mol. The maximum Gasteiger partial charge on any atom is 0.231 e. The Morgan fingerprint density at radius 1 is 1.09 bits per heavy atom. The molecule has 23 heavy (non-hydrogen) atoms. The van der Waals surface area contributed by atoms with Crippen LogP contribution in [0.2, 0.25) is 0 Å². The number of thiophene rings is 1. The molecular formula is C20H23NOS. The van der Waals surface area contributed by atoms with Gasteiger partial charge in [0, 0.05) is 4.88 Å². The smallest absolute Gasteiger partial charge is 0.231 e. The van der Waals surface area contributed by atoms with Gasteiger partial charge in [0.1, 0.15) is 0 Å². The molecule has 1 aromatic heterocycles. The molecule has 2 aliphatic rings. The quantitative estimate of drug-likeness (QED) is 0.866. The highest BCUT2D eigenvalue weighted by Gasteiger charge is 2.44. The Kier molecular flexibility index (Phi) is 3.98. The molecule has 1 saturated carbocycles. The van der Waals surface area contributed by atoms with Crippen LogP contribution in [0.25, 0.3) is 0 Å². The molecule has 0 radical (unpaired) electrons. The number of hydrogen-bond donors (Lipinski definition) is 1. The van der Waals surface area contributed by atoms with Gasteiger partial charge in [0.25, 0.3) is 0 Å². The first-order chi connectivity index (χ1) is 11.3. The molecule has 3 heteroatoms. The van der Waals surface area contributed by atoms with Crippen molar-refractivity contribution >= 4 is 17.2 Å². The predicted octanol–water partition coefficient (Wildman–Crippen LogP) is 4.75. The van der Waals surface area contributed by atoms with Gasteiger partial charge in [-0.2, -0.15) is 0 Å². The average Bonchev–Trinajstić information content (AvgIpc) is 3.27. The van der Waals surface area contributed by atoms with Crippen LogP contribution in [0.5, 0.6) is 0 Å². The molecule has 2 aliphatic carbocycles. The van der Waals surface area contributed by atoms with E-state index in [0.29, 0.717) is 0 Å². The van der Waals surface area contributed by atoms with Crippen LogP contribution < -0.4 is 5.32 Å². The molecule has 120 valence electrons. The van der Waals surface area contributed by atoms with Crippen molar-refractivity contribution in [1.82, 2.24) is 5.32 Å². The Morgan fingerprint density at radius 2 is 1.91 bits per heavy atom. The highest BCUT2D eigenvalue weighted by Crippen LogP contribution is 2.44. The Balaban J connectivity index is 1.60. The summed E-state index contributed by atoms with van der Waals surface area (Å²) >= 11 is 1.73. The average molecular weight is 325 g/mol. The van der Waals surface area contributed by atoms with Crippen molar-refractivity contribution in [2.24, 2.45) is 0 Å². The van der Waals surface area contributed by atoms with Crippen molar-refractivity contribution in [2.75, 3.05) is 0 Å². The maximum absolute atomic E-state index is 13.2. The molecule has 4 rings (SSSR count). The zero-order valence-corrected chi connectivity index (χ0v) is 14.2. The number of carbonyl (C=O) groups is 1. The van der Waals surface area contributed by atoms with Gasteiger partial charge in [-0.3, -0.25) is 4.79 Å². The summed E-state index contributed by atoms with van der Waals surface area (Å²) in [5.74, 6) is 0.249. The zero-order valence-electron chi connectivity index (χ0n) is 13.4. The highest BCUT2D eigenvalue weighted by atomic mass is 32.1. The molecule has 1 atom stereocenters. The fourth-order valence-corrected chi connectivity index (χ4v) is 5.30. The van der Waals surface area contributed by atoms with E-state index < -0.39 is 0 Å². The molecule has 1 unspecified atom stereocenters. The number of hydrogen-bond acceptors (Lipinski definition) is 2. The molecule has 0 bridgehead atoms. The van der Waals surface area contributed by atoms with Crippen molar-refractivity contribution in [2.45, 2.75) is 56.4 Å². The molecule has 1 N–H and O–H groups in total. The Labute approximate surface area is 141 Å². The summed E-state index contributed by atoms with van der Waals surface area (Å²) in [7, 11) is 0. The van der Waals surface area contributed by atoms with Crippen LogP contribution in [0.4, 0.5) is 0 Å². The van der Waals surface area contributed by atoms with Crippen molar-refractivity contribution < 1.29 is 4.79 Å². The lowest BCUT2D eigenvalue weighted by molar-refractivity contribution is -0.127. The van der Waals surface area contributed by atoms with Crippen LogP contribution in [0.1, 0.15) is 60.6 Å². The Hall–Kier alpha value is -1.61. The van der Waals surface area contributed by atoms with Gasteiger partial charge in [-0.05, 0) is 54.7 Å². The third-order valence-electron chi connectivity index (χ3n) is 5.56. The third kappa shape index (κ3) is 2.61. The molecule has 0 saturated heterocycles. The maximum atomic E-state index is 13.2. The number of amides is 1. The van der Waals surface area contributed by atoms with Gasteiger partial charge >= 0.3 is 0 Å². The fourth-order valence-electron chi connectivity index (χ4n) is 4.32. The second-order valence-corrected chi connectivity index (χ2v) is 7.83. The number of fused-ring (bicyclic) bond motifs is 1. The van der Waals surface area contributed by atoms with Crippen LogP contribution in [0.15, 0.2) is 41.8 Å². The summed E-state index contributed by atoms with van der Waals surface area (Å²) in [6.45, 7) is 0. The minimum Gasteiger partial charge on any atom is -0.348 e. The number of carbonyl (C=O) groups excluding carboxylic acids is 1. The molecule has 1 amide bonds.